The van der Waals surface area contributed by atoms with Crippen molar-refractivity contribution < 1.29 is 4.39 Å². The van der Waals surface area contributed by atoms with E-state index >= 15 is 0 Å². The van der Waals surface area contributed by atoms with Gasteiger partial charge in [-0.05, 0) is 47.5 Å². The Morgan fingerprint density at radius 2 is 1.50 bits per heavy atom. The first-order valence-electron chi connectivity index (χ1n) is 7.83. The number of rotatable bonds is 2. The monoisotopic (exact) mass is 401 g/mol. The summed E-state index contributed by atoms with van der Waals surface area (Å²) in [5, 5.41) is 1.86. The van der Waals surface area contributed by atoms with Crippen molar-refractivity contribution in [3.05, 3.63) is 87.6 Å². The van der Waals surface area contributed by atoms with Crippen molar-refractivity contribution in [2.75, 3.05) is 0 Å². The first-order chi connectivity index (χ1) is 12.5. The molecule has 4 rings (SSSR count). The van der Waals surface area contributed by atoms with Crippen molar-refractivity contribution in [2.24, 2.45) is 0 Å². The molecule has 1 aromatic heterocycles. The van der Waals surface area contributed by atoms with Crippen molar-refractivity contribution >= 4 is 45.7 Å². The molecule has 128 valence electrons. The van der Waals surface area contributed by atoms with Crippen LogP contribution in [0.4, 0.5) is 4.39 Å². The third-order valence-electron chi connectivity index (χ3n) is 4.14. The average molecular weight is 403 g/mol. The number of nitrogens with zero attached hydrogens (tertiary/aromatic N) is 1. The van der Waals surface area contributed by atoms with Gasteiger partial charge < -0.3 is 0 Å². The number of pyridine rings is 1. The molecule has 0 aliphatic heterocycles. The second-order valence-corrected chi connectivity index (χ2v) is 7.08. The first-order valence-corrected chi connectivity index (χ1v) is 8.97. The summed E-state index contributed by atoms with van der Waals surface area (Å²) < 4.78 is 14.0. The molecule has 0 aliphatic rings. The molecule has 0 N–H and O–H groups in total. The topological polar surface area (TPSA) is 12.9 Å². The van der Waals surface area contributed by atoms with Crippen LogP contribution >= 0.6 is 34.8 Å². The molecule has 5 heteroatoms. The second-order valence-electron chi connectivity index (χ2n) is 5.83. The molecule has 0 bridgehead atoms. The van der Waals surface area contributed by atoms with Crippen LogP contribution < -0.4 is 0 Å². The summed E-state index contributed by atoms with van der Waals surface area (Å²) >= 11 is 18.3. The summed E-state index contributed by atoms with van der Waals surface area (Å²) in [4.78, 5) is 4.65. The van der Waals surface area contributed by atoms with Gasteiger partial charge in [-0.3, -0.25) is 0 Å². The third kappa shape index (κ3) is 3.16. The molecular weight excluding hydrogens is 392 g/mol. The van der Waals surface area contributed by atoms with E-state index in [1.807, 2.05) is 48.5 Å². The molecular formula is C21H11Cl3FN. The fourth-order valence-corrected chi connectivity index (χ4v) is 3.56. The number of benzene rings is 3. The smallest absolute Gasteiger partial charge is 0.142 e. The van der Waals surface area contributed by atoms with Gasteiger partial charge >= 0.3 is 0 Å². The SMILES string of the molecule is Fc1cc(-c2cc(-c3ccccc3)c3cc(Cl)ccc3n2)c(Cl)cc1Cl. The highest BCUT2D eigenvalue weighted by atomic mass is 35.5. The Hall–Kier alpha value is -2.13. The molecule has 0 spiro atoms. The molecule has 0 saturated carbocycles. The van der Waals surface area contributed by atoms with Gasteiger partial charge in [0.1, 0.15) is 5.82 Å². The maximum Gasteiger partial charge on any atom is 0.142 e. The Labute approximate surface area is 165 Å². The van der Waals surface area contributed by atoms with E-state index in [0.717, 1.165) is 22.0 Å². The number of hydrogen-bond acceptors (Lipinski definition) is 1. The summed E-state index contributed by atoms with van der Waals surface area (Å²) in [6, 6.07) is 20.0. The first kappa shape index (κ1) is 17.3. The van der Waals surface area contributed by atoms with Crippen LogP contribution in [0, 0.1) is 5.82 Å². The summed E-state index contributed by atoms with van der Waals surface area (Å²) in [5.41, 5.74) is 3.76. The minimum Gasteiger partial charge on any atom is -0.248 e. The summed E-state index contributed by atoms with van der Waals surface area (Å²) in [7, 11) is 0. The van der Waals surface area contributed by atoms with Gasteiger partial charge in [0.05, 0.1) is 21.3 Å². The lowest BCUT2D eigenvalue weighted by Crippen LogP contribution is -1.92. The maximum atomic E-state index is 14.0. The van der Waals surface area contributed by atoms with Gasteiger partial charge in [-0.25, -0.2) is 9.37 Å². The minimum absolute atomic E-state index is 0.0189. The Morgan fingerprint density at radius 3 is 2.27 bits per heavy atom. The molecule has 0 unspecified atom stereocenters. The molecule has 1 nitrogen and oxygen atoms in total. The van der Waals surface area contributed by atoms with E-state index in [1.54, 1.807) is 6.07 Å². The van der Waals surface area contributed by atoms with Crippen LogP contribution in [0.5, 0.6) is 0 Å². The molecule has 3 aromatic carbocycles. The van der Waals surface area contributed by atoms with Gasteiger partial charge in [0.2, 0.25) is 0 Å². The fraction of sp³-hybridized carbons (Fsp3) is 0. The van der Waals surface area contributed by atoms with Crippen molar-refractivity contribution in [1.29, 1.82) is 0 Å². The average Bonchev–Trinajstić information content (AvgIpc) is 2.64. The Kier molecular flexibility index (Phi) is 4.58. The zero-order chi connectivity index (χ0) is 18.3. The lowest BCUT2D eigenvalue weighted by molar-refractivity contribution is 0.628. The van der Waals surface area contributed by atoms with Crippen LogP contribution in [-0.4, -0.2) is 4.98 Å². The van der Waals surface area contributed by atoms with E-state index < -0.39 is 5.82 Å². The highest BCUT2D eigenvalue weighted by Gasteiger charge is 2.14. The van der Waals surface area contributed by atoms with Crippen LogP contribution in [0.1, 0.15) is 0 Å². The van der Waals surface area contributed by atoms with Gasteiger partial charge in [0, 0.05) is 16.0 Å². The Bertz CT molecular complexity index is 1130. The van der Waals surface area contributed by atoms with E-state index in [4.69, 9.17) is 34.8 Å². The van der Waals surface area contributed by atoms with Crippen LogP contribution in [0.25, 0.3) is 33.3 Å². The quantitative estimate of drug-likeness (QED) is 0.313. The molecule has 0 amide bonds. The summed E-state index contributed by atoms with van der Waals surface area (Å²) in [6.45, 7) is 0. The lowest BCUT2D eigenvalue weighted by Gasteiger charge is -2.12. The minimum atomic E-state index is -0.537. The van der Waals surface area contributed by atoms with E-state index in [1.165, 1.54) is 12.1 Å². The predicted octanol–water partition coefficient (Wildman–Crippen LogP) is 7.67. The highest BCUT2D eigenvalue weighted by Crippen LogP contribution is 2.37. The van der Waals surface area contributed by atoms with E-state index in [9.17, 15) is 4.39 Å². The highest BCUT2D eigenvalue weighted by molar-refractivity contribution is 6.36. The molecule has 0 saturated heterocycles. The molecule has 0 aliphatic carbocycles. The van der Waals surface area contributed by atoms with E-state index in [0.29, 0.717) is 21.3 Å². The predicted molar refractivity (Wildman–Crippen MR) is 108 cm³/mol. The van der Waals surface area contributed by atoms with Gasteiger partial charge in [-0.15, -0.1) is 0 Å². The molecule has 0 fully saturated rings. The number of aromatic nitrogens is 1. The van der Waals surface area contributed by atoms with Crippen molar-refractivity contribution in [2.45, 2.75) is 0 Å². The van der Waals surface area contributed by atoms with Crippen LogP contribution in [-0.2, 0) is 0 Å². The molecule has 0 atom stereocenters. The molecule has 0 radical (unpaired) electrons. The maximum absolute atomic E-state index is 14.0. The van der Waals surface area contributed by atoms with Gasteiger partial charge in [-0.2, -0.15) is 0 Å². The molecule has 4 aromatic rings. The zero-order valence-electron chi connectivity index (χ0n) is 13.3. The van der Waals surface area contributed by atoms with E-state index in [2.05, 4.69) is 4.98 Å². The number of hydrogen-bond donors (Lipinski definition) is 0. The van der Waals surface area contributed by atoms with Crippen molar-refractivity contribution in [1.82, 2.24) is 4.98 Å². The lowest BCUT2D eigenvalue weighted by atomic mass is 9.98. The summed E-state index contributed by atoms with van der Waals surface area (Å²) in [6.07, 6.45) is 0. The van der Waals surface area contributed by atoms with Gasteiger partial charge in [-0.1, -0.05) is 65.1 Å². The van der Waals surface area contributed by atoms with Gasteiger partial charge in [0.25, 0.3) is 0 Å². The second kappa shape index (κ2) is 6.88. The fourth-order valence-electron chi connectivity index (χ4n) is 2.91. The number of halogens is 4. The Balaban J connectivity index is 2.04. The van der Waals surface area contributed by atoms with Crippen molar-refractivity contribution in [3.8, 4) is 22.4 Å². The van der Waals surface area contributed by atoms with Crippen LogP contribution in [0.2, 0.25) is 15.1 Å². The van der Waals surface area contributed by atoms with Crippen LogP contribution in [0.15, 0.2) is 66.7 Å². The van der Waals surface area contributed by atoms with Crippen LogP contribution in [0.3, 0.4) is 0 Å². The zero-order valence-corrected chi connectivity index (χ0v) is 15.6. The Morgan fingerprint density at radius 1 is 0.731 bits per heavy atom. The largest absolute Gasteiger partial charge is 0.248 e. The standard InChI is InChI=1S/C21H11Cl3FN/c22-13-6-7-20-15(8-13)14(12-4-2-1-3-5-12)10-21(26-20)16-9-19(25)18(24)11-17(16)23/h1-11H. The van der Waals surface area contributed by atoms with Gasteiger partial charge in [0.15, 0.2) is 0 Å². The molecule has 1 heterocycles. The normalized spacial score (nSPS) is 11.1. The van der Waals surface area contributed by atoms with E-state index in [-0.39, 0.29) is 5.02 Å². The third-order valence-corrected chi connectivity index (χ3v) is 4.98. The molecule has 26 heavy (non-hydrogen) atoms. The summed E-state index contributed by atoms with van der Waals surface area (Å²) in [5.74, 6) is -0.537. The number of fused-ring (bicyclic) bond motifs is 1. The van der Waals surface area contributed by atoms with Crippen molar-refractivity contribution in [3.63, 3.8) is 0 Å².